The highest BCUT2D eigenvalue weighted by atomic mass is 16.6. The zero-order chi connectivity index (χ0) is 21.7. The Morgan fingerprint density at radius 1 is 1.07 bits per heavy atom. The van der Waals surface area contributed by atoms with E-state index in [1.807, 2.05) is 45.0 Å². The Morgan fingerprint density at radius 3 is 2.17 bits per heavy atom. The molecule has 1 aliphatic heterocycles. The van der Waals surface area contributed by atoms with Gasteiger partial charge in [-0.05, 0) is 77.6 Å². The lowest BCUT2D eigenvalue weighted by atomic mass is 9.98. The van der Waals surface area contributed by atoms with Crippen LogP contribution in [0.4, 0.5) is 10.5 Å². The summed E-state index contributed by atoms with van der Waals surface area (Å²) in [6.45, 7) is 11.2. The molecule has 1 amide bonds. The lowest BCUT2D eigenvalue weighted by molar-refractivity contribution is -0.144. The van der Waals surface area contributed by atoms with Gasteiger partial charge in [0.25, 0.3) is 0 Å². The molecule has 0 bridgehead atoms. The molecule has 0 spiro atoms. The highest BCUT2D eigenvalue weighted by Gasteiger charge is 2.29. The number of amides is 1. The van der Waals surface area contributed by atoms with Crippen molar-refractivity contribution in [2.45, 2.75) is 58.6 Å². The molecule has 162 valence electrons. The van der Waals surface area contributed by atoms with Crippen LogP contribution in [-0.4, -0.2) is 54.9 Å². The number of piperidine rings is 1. The molecule has 1 heterocycles. The molecule has 2 rings (SSSR count). The monoisotopic (exact) mass is 406 g/mol. The number of ether oxygens (including phenoxy) is 3. The predicted octanol–water partition coefficient (Wildman–Crippen LogP) is 4.08. The van der Waals surface area contributed by atoms with Gasteiger partial charge in [0.2, 0.25) is 0 Å². The molecule has 0 radical (unpaired) electrons. The SMILES string of the molecule is COC(=O)C(C)(C)Nc1ccc(OCC2CCN(C(=O)OC(C)(C)C)CC2)cc1. The zero-order valence-corrected chi connectivity index (χ0v) is 18.4. The molecule has 1 N–H and O–H groups in total. The second-order valence-electron chi connectivity index (χ2n) is 8.99. The zero-order valence-electron chi connectivity index (χ0n) is 18.4. The number of hydrogen-bond acceptors (Lipinski definition) is 6. The molecule has 1 fully saturated rings. The number of nitrogens with one attached hydrogen (secondary N) is 1. The van der Waals surface area contributed by atoms with E-state index in [0.29, 0.717) is 25.6 Å². The third kappa shape index (κ3) is 7.15. The number of carbonyl (C=O) groups excluding carboxylic acids is 2. The number of likely N-dealkylation sites (tertiary alicyclic amines) is 1. The fourth-order valence-corrected chi connectivity index (χ4v) is 3.12. The molecule has 1 aromatic carbocycles. The summed E-state index contributed by atoms with van der Waals surface area (Å²) in [6.07, 6.45) is 1.55. The summed E-state index contributed by atoms with van der Waals surface area (Å²) in [5.74, 6) is 0.862. The first-order valence-electron chi connectivity index (χ1n) is 10.1. The third-order valence-corrected chi connectivity index (χ3v) is 4.76. The van der Waals surface area contributed by atoms with E-state index in [9.17, 15) is 9.59 Å². The Hall–Kier alpha value is -2.44. The number of benzene rings is 1. The number of carbonyl (C=O) groups is 2. The minimum absolute atomic E-state index is 0.241. The summed E-state index contributed by atoms with van der Waals surface area (Å²) < 4.78 is 16.2. The Labute approximate surface area is 173 Å². The van der Waals surface area contributed by atoms with Crippen LogP contribution in [0.3, 0.4) is 0 Å². The average molecular weight is 407 g/mol. The van der Waals surface area contributed by atoms with Gasteiger partial charge in [-0.2, -0.15) is 0 Å². The van der Waals surface area contributed by atoms with Crippen molar-refractivity contribution in [1.82, 2.24) is 4.90 Å². The quantitative estimate of drug-likeness (QED) is 0.718. The molecule has 29 heavy (non-hydrogen) atoms. The summed E-state index contributed by atoms with van der Waals surface area (Å²) in [6, 6.07) is 7.52. The van der Waals surface area contributed by atoms with E-state index in [1.165, 1.54) is 7.11 Å². The van der Waals surface area contributed by atoms with E-state index in [4.69, 9.17) is 14.2 Å². The molecule has 7 heteroatoms. The van der Waals surface area contributed by atoms with Gasteiger partial charge >= 0.3 is 12.1 Å². The minimum Gasteiger partial charge on any atom is -0.493 e. The molecular formula is C22H34N2O5. The molecule has 1 saturated heterocycles. The maximum atomic E-state index is 12.1. The molecular weight excluding hydrogens is 372 g/mol. The maximum absolute atomic E-state index is 12.1. The Balaban J connectivity index is 1.77. The van der Waals surface area contributed by atoms with Crippen molar-refractivity contribution in [1.29, 1.82) is 0 Å². The predicted molar refractivity (Wildman–Crippen MR) is 112 cm³/mol. The van der Waals surface area contributed by atoms with E-state index in [-0.39, 0.29) is 12.1 Å². The fourth-order valence-electron chi connectivity index (χ4n) is 3.12. The van der Waals surface area contributed by atoms with Gasteiger partial charge in [0.1, 0.15) is 16.9 Å². The largest absolute Gasteiger partial charge is 0.493 e. The topological polar surface area (TPSA) is 77.1 Å². The number of methoxy groups -OCH3 is 1. The molecule has 0 aromatic heterocycles. The standard InChI is InChI=1S/C22H34N2O5/c1-21(2,3)29-20(26)24-13-11-16(12-14-24)15-28-18-9-7-17(8-10-18)23-22(4,5)19(25)27-6/h7-10,16,23H,11-15H2,1-6H3. The molecule has 1 aliphatic rings. The van der Waals surface area contributed by atoms with Gasteiger partial charge in [-0.1, -0.05) is 0 Å². The van der Waals surface area contributed by atoms with E-state index < -0.39 is 11.1 Å². The average Bonchev–Trinajstić information content (AvgIpc) is 2.65. The van der Waals surface area contributed by atoms with Crippen LogP contribution in [-0.2, 0) is 14.3 Å². The summed E-state index contributed by atoms with van der Waals surface area (Å²) in [7, 11) is 1.38. The van der Waals surface area contributed by atoms with Crippen LogP contribution in [0.1, 0.15) is 47.5 Å². The molecule has 1 aromatic rings. The minimum atomic E-state index is -0.806. The lowest BCUT2D eigenvalue weighted by Gasteiger charge is -2.33. The summed E-state index contributed by atoms with van der Waals surface area (Å²) >= 11 is 0. The van der Waals surface area contributed by atoms with Gasteiger partial charge in [0, 0.05) is 18.8 Å². The smallest absolute Gasteiger partial charge is 0.410 e. The Morgan fingerprint density at radius 2 is 1.66 bits per heavy atom. The third-order valence-electron chi connectivity index (χ3n) is 4.76. The van der Waals surface area contributed by atoms with Crippen molar-refractivity contribution in [3.63, 3.8) is 0 Å². The van der Waals surface area contributed by atoms with Crippen LogP contribution in [0, 0.1) is 5.92 Å². The van der Waals surface area contributed by atoms with E-state index in [0.717, 1.165) is 24.3 Å². The number of esters is 1. The van der Waals surface area contributed by atoms with Gasteiger partial charge in [-0.15, -0.1) is 0 Å². The van der Waals surface area contributed by atoms with Gasteiger partial charge in [-0.3, -0.25) is 0 Å². The van der Waals surface area contributed by atoms with Crippen LogP contribution < -0.4 is 10.1 Å². The van der Waals surface area contributed by atoms with Crippen molar-refractivity contribution in [2.24, 2.45) is 5.92 Å². The normalized spacial score (nSPS) is 15.6. The van der Waals surface area contributed by atoms with Crippen molar-refractivity contribution in [3.05, 3.63) is 24.3 Å². The van der Waals surface area contributed by atoms with Gasteiger partial charge in [0.15, 0.2) is 0 Å². The van der Waals surface area contributed by atoms with Crippen molar-refractivity contribution >= 4 is 17.7 Å². The second kappa shape index (κ2) is 9.37. The van der Waals surface area contributed by atoms with Gasteiger partial charge < -0.3 is 24.4 Å². The van der Waals surface area contributed by atoms with Gasteiger partial charge in [0.05, 0.1) is 13.7 Å². The summed E-state index contributed by atoms with van der Waals surface area (Å²) in [5, 5.41) is 3.15. The van der Waals surface area contributed by atoms with Crippen molar-refractivity contribution in [3.8, 4) is 5.75 Å². The van der Waals surface area contributed by atoms with Crippen LogP contribution in [0.25, 0.3) is 0 Å². The summed E-state index contributed by atoms with van der Waals surface area (Å²) in [5.41, 5.74) is -0.456. The molecule has 7 nitrogen and oxygen atoms in total. The highest BCUT2D eigenvalue weighted by molar-refractivity contribution is 5.83. The van der Waals surface area contributed by atoms with Crippen LogP contribution in [0.5, 0.6) is 5.75 Å². The highest BCUT2D eigenvalue weighted by Crippen LogP contribution is 2.23. The van der Waals surface area contributed by atoms with E-state index >= 15 is 0 Å². The number of anilines is 1. The number of hydrogen-bond donors (Lipinski definition) is 1. The molecule has 0 saturated carbocycles. The first-order valence-corrected chi connectivity index (χ1v) is 10.1. The van der Waals surface area contributed by atoms with Crippen LogP contribution in [0.15, 0.2) is 24.3 Å². The van der Waals surface area contributed by atoms with Crippen molar-refractivity contribution in [2.75, 3.05) is 32.1 Å². The lowest BCUT2D eigenvalue weighted by Crippen LogP contribution is -2.42. The molecule has 0 atom stereocenters. The Bertz CT molecular complexity index is 686. The summed E-state index contributed by atoms with van der Waals surface area (Å²) in [4.78, 5) is 25.7. The van der Waals surface area contributed by atoms with E-state index in [1.54, 1.807) is 18.7 Å². The molecule has 0 unspecified atom stereocenters. The van der Waals surface area contributed by atoms with E-state index in [2.05, 4.69) is 5.32 Å². The van der Waals surface area contributed by atoms with Crippen molar-refractivity contribution < 1.29 is 23.8 Å². The number of rotatable bonds is 6. The Kier molecular flexibility index (Phi) is 7.38. The first kappa shape index (κ1) is 22.8. The fraction of sp³-hybridized carbons (Fsp3) is 0.636. The van der Waals surface area contributed by atoms with Crippen LogP contribution >= 0.6 is 0 Å². The van der Waals surface area contributed by atoms with Gasteiger partial charge in [-0.25, -0.2) is 9.59 Å². The number of nitrogens with zero attached hydrogens (tertiary/aromatic N) is 1. The van der Waals surface area contributed by atoms with Crippen LogP contribution in [0.2, 0.25) is 0 Å². The first-order chi connectivity index (χ1) is 13.5. The molecule has 0 aliphatic carbocycles. The maximum Gasteiger partial charge on any atom is 0.410 e. The second-order valence-corrected chi connectivity index (χ2v) is 8.99.